The zero-order chi connectivity index (χ0) is 22.1. The van der Waals surface area contributed by atoms with Gasteiger partial charge in [-0.05, 0) is 61.5 Å². The van der Waals surface area contributed by atoms with Crippen molar-refractivity contribution < 1.29 is 24.1 Å². The third kappa shape index (κ3) is 4.37. The van der Waals surface area contributed by atoms with Gasteiger partial charge >= 0.3 is 5.97 Å². The Balaban J connectivity index is 1.44. The molecule has 4 rings (SSSR count). The van der Waals surface area contributed by atoms with E-state index in [0.29, 0.717) is 31.5 Å². The minimum Gasteiger partial charge on any atom is -0.493 e. The molecular weight excluding hydrogens is 394 g/mol. The molecule has 6 atom stereocenters. The lowest BCUT2D eigenvalue weighted by molar-refractivity contribution is -0.304. The molecule has 1 aromatic rings. The molecule has 3 aliphatic rings. The summed E-state index contributed by atoms with van der Waals surface area (Å²) >= 11 is 0. The van der Waals surface area contributed by atoms with Crippen molar-refractivity contribution in [3.05, 3.63) is 36.7 Å². The molecule has 0 aromatic carbocycles. The molecule has 3 fully saturated rings. The maximum Gasteiger partial charge on any atom is 0.303 e. The van der Waals surface area contributed by atoms with Gasteiger partial charge in [0.05, 0.1) is 25.7 Å². The number of carbonyl (C=O) groups is 1. The van der Waals surface area contributed by atoms with Gasteiger partial charge in [-0.1, -0.05) is 26.0 Å². The van der Waals surface area contributed by atoms with Crippen LogP contribution in [0.3, 0.4) is 0 Å². The highest BCUT2D eigenvalue weighted by molar-refractivity contribution is 5.66. The van der Waals surface area contributed by atoms with E-state index in [1.165, 1.54) is 5.57 Å². The quantitative estimate of drug-likeness (QED) is 0.625. The molecule has 3 unspecified atom stereocenters. The monoisotopic (exact) mass is 429 g/mol. The minimum absolute atomic E-state index is 0.0579. The zero-order valence-electron chi connectivity index (χ0n) is 18.7. The predicted molar refractivity (Wildman–Crippen MR) is 117 cm³/mol. The molecule has 1 saturated heterocycles. The molecular formula is C25H35NO5. The lowest BCUT2D eigenvalue weighted by Crippen LogP contribution is -2.61. The number of carboxylic acids is 1. The van der Waals surface area contributed by atoms with Crippen LogP contribution < -0.4 is 4.74 Å². The molecule has 2 heterocycles. The normalized spacial score (nSPS) is 37.5. The molecule has 1 N–H and O–H groups in total. The summed E-state index contributed by atoms with van der Waals surface area (Å²) in [5.41, 5.74) is 1.43. The molecule has 0 amide bonds. The van der Waals surface area contributed by atoms with E-state index in [9.17, 15) is 4.79 Å². The van der Waals surface area contributed by atoms with Crippen LogP contribution in [-0.4, -0.2) is 41.7 Å². The molecule has 1 aliphatic heterocycles. The van der Waals surface area contributed by atoms with E-state index in [4.69, 9.17) is 19.3 Å². The van der Waals surface area contributed by atoms with Gasteiger partial charge in [-0.25, -0.2) is 0 Å². The molecule has 170 valence electrons. The van der Waals surface area contributed by atoms with Crippen LogP contribution in [0.4, 0.5) is 0 Å². The van der Waals surface area contributed by atoms with Crippen molar-refractivity contribution in [2.24, 2.45) is 22.7 Å². The average molecular weight is 430 g/mol. The van der Waals surface area contributed by atoms with E-state index < -0.39 is 12.3 Å². The molecule has 6 heteroatoms. The Bertz CT molecular complexity index is 798. The summed E-state index contributed by atoms with van der Waals surface area (Å²) in [4.78, 5) is 15.0. The molecule has 0 bridgehead atoms. The fourth-order valence-electron chi connectivity index (χ4n) is 6.54. The third-order valence-corrected chi connectivity index (χ3v) is 8.13. The van der Waals surface area contributed by atoms with E-state index in [2.05, 4.69) is 25.4 Å². The lowest BCUT2D eigenvalue weighted by Gasteiger charge is -2.62. The van der Waals surface area contributed by atoms with Crippen LogP contribution in [0, 0.1) is 22.7 Å². The van der Waals surface area contributed by atoms with Gasteiger partial charge in [0.2, 0.25) is 0 Å². The smallest absolute Gasteiger partial charge is 0.303 e. The highest BCUT2D eigenvalue weighted by atomic mass is 16.7. The number of nitrogens with zero attached hydrogens (tertiary/aromatic N) is 1. The topological polar surface area (TPSA) is 77.9 Å². The Morgan fingerprint density at radius 3 is 2.77 bits per heavy atom. The number of aliphatic carboxylic acids is 1. The van der Waals surface area contributed by atoms with Gasteiger partial charge in [-0.3, -0.25) is 9.78 Å². The number of ether oxygens (including phenoxy) is 3. The minimum atomic E-state index is -0.806. The van der Waals surface area contributed by atoms with Crippen LogP contribution in [0.25, 0.3) is 0 Å². The van der Waals surface area contributed by atoms with Crippen LogP contribution in [0.1, 0.15) is 58.8 Å². The Labute approximate surface area is 185 Å². The first-order valence-corrected chi connectivity index (χ1v) is 11.5. The van der Waals surface area contributed by atoms with Crippen molar-refractivity contribution in [3.8, 4) is 5.75 Å². The van der Waals surface area contributed by atoms with Crippen LogP contribution in [-0.2, 0) is 14.3 Å². The number of rotatable bonds is 7. The summed E-state index contributed by atoms with van der Waals surface area (Å²) in [5.74, 6) is 0.945. The zero-order valence-corrected chi connectivity index (χ0v) is 18.7. The Morgan fingerprint density at radius 1 is 1.26 bits per heavy atom. The first-order valence-electron chi connectivity index (χ1n) is 11.5. The van der Waals surface area contributed by atoms with Gasteiger partial charge < -0.3 is 19.3 Å². The van der Waals surface area contributed by atoms with Crippen LogP contribution in [0.5, 0.6) is 5.75 Å². The predicted octanol–water partition coefficient (Wildman–Crippen LogP) is 4.85. The molecule has 1 aromatic heterocycles. The summed E-state index contributed by atoms with van der Waals surface area (Å²) < 4.78 is 18.4. The second-order valence-electron chi connectivity index (χ2n) is 9.97. The van der Waals surface area contributed by atoms with E-state index in [0.717, 1.165) is 37.9 Å². The fraction of sp³-hybridized carbons (Fsp3) is 0.680. The van der Waals surface area contributed by atoms with Crippen LogP contribution in [0.2, 0.25) is 0 Å². The van der Waals surface area contributed by atoms with Crippen molar-refractivity contribution in [2.45, 2.75) is 71.2 Å². The molecule has 31 heavy (non-hydrogen) atoms. The largest absolute Gasteiger partial charge is 0.493 e. The second-order valence-corrected chi connectivity index (χ2v) is 9.97. The second kappa shape index (κ2) is 8.91. The molecule has 0 spiro atoms. The summed E-state index contributed by atoms with van der Waals surface area (Å²) in [7, 11) is 0. The van der Waals surface area contributed by atoms with Crippen molar-refractivity contribution in [3.63, 3.8) is 0 Å². The van der Waals surface area contributed by atoms with Crippen molar-refractivity contribution in [1.29, 1.82) is 0 Å². The summed E-state index contributed by atoms with van der Waals surface area (Å²) in [5, 5.41) is 8.98. The Hall–Kier alpha value is -1.92. The van der Waals surface area contributed by atoms with Crippen LogP contribution >= 0.6 is 0 Å². The maximum atomic E-state index is 10.9. The number of fused-ring (bicyclic) bond motifs is 3. The molecule has 2 saturated carbocycles. The van der Waals surface area contributed by atoms with Crippen LogP contribution in [0.15, 0.2) is 36.7 Å². The van der Waals surface area contributed by atoms with Crippen molar-refractivity contribution in [2.75, 3.05) is 13.2 Å². The molecule has 0 radical (unpaired) electrons. The van der Waals surface area contributed by atoms with E-state index in [1.54, 1.807) is 12.4 Å². The van der Waals surface area contributed by atoms with Gasteiger partial charge in [-0.2, -0.15) is 0 Å². The van der Waals surface area contributed by atoms with Crippen molar-refractivity contribution >= 4 is 5.97 Å². The third-order valence-electron chi connectivity index (χ3n) is 8.13. The lowest BCUT2D eigenvalue weighted by atomic mass is 9.46. The number of carboxylic acid groups (broad SMARTS) is 1. The number of hydrogen-bond donors (Lipinski definition) is 1. The summed E-state index contributed by atoms with van der Waals surface area (Å²) in [6.07, 6.45) is 8.87. The van der Waals surface area contributed by atoms with E-state index in [-0.39, 0.29) is 23.4 Å². The average Bonchev–Trinajstić information content (AvgIpc) is 2.74. The Kier molecular flexibility index (Phi) is 6.40. The first-order chi connectivity index (χ1) is 14.8. The fourth-order valence-corrected chi connectivity index (χ4v) is 6.54. The van der Waals surface area contributed by atoms with E-state index in [1.807, 2.05) is 12.1 Å². The highest BCUT2D eigenvalue weighted by Gasteiger charge is 2.60. The maximum absolute atomic E-state index is 10.9. The first kappa shape index (κ1) is 22.3. The van der Waals surface area contributed by atoms with Gasteiger partial charge in [0.25, 0.3) is 0 Å². The SMILES string of the molecule is C=C1CCC2C(C)(CCC3O[C@H](CCC(=O)O)OC[C@]32C)[C@@H]1CCOc1ccncc1. The van der Waals surface area contributed by atoms with E-state index >= 15 is 0 Å². The van der Waals surface area contributed by atoms with Gasteiger partial charge in [0.15, 0.2) is 6.29 Å². The van der Waals surface area contributed by atoms with Gasteiger partial charge in [0, 0.05) is 24.2 Å². The number of pyridine rings is 1. The molecule has 6 nitrogen and oxygen atoms in total. The van der Waals surface area contributed by atoms with Gasteiger partial charge in [0.1, 0.15) is 5.75 Å². The van der Waals surface area contributed by atoms with Crippen molar-refractivity contribution in [1.82, 2.24) is 4.98 Å². The number of allylic oxidation sites excluding steroid dienone is 1. The highest BCUT2D eigenvalue weighted by Crippen LogP contribution is 2.63. The van der Waals surface area contributed by atoms with Gasteiger partial charge in [-0.15, -0.1) is 0 Å². The number of hydrogen-bond acceptors (Lipinski definition) is 5. The number of aromatic nitrogens is 1. The Morgan fingerprint density at radius 2 is 2.03 bits per heavy atom. The molecule has 2 aliphatic carbocycles. The summed E-state index contributed by atoms with van der Waals surface area (Å²) in [6, 6.07) is 3.79. The standard InChI is InChI=1S/C25H35NO5/c1-17-4-5-20-24(2,19(17)11-15-29-18-9-13-26-14-10-18)12-8-21-25(20,3)16-30-23(31-21)7-6-22(27)28/h9-10,13-14,19-21,23H,1,4-8,11-12,15-16H2,2-3H3,(H,27,28)/t19-,20?,21?,23-,24?,25+/m1/s1. The summed E-state index contributed by atoms with van der Waals surface area (Å²) in [6.45, 7) is 10.5.